The fourth-order valence-electron chi connectivity index (χ4n) is 2.66. The van der Waals surface area contributed by atoms with Gasteiger partial charge in [-0.15, -0.1) is 0 Å². The number of aryl methyl sites for hydroxylation is 2. The molecule has 9 nitrogen and oxygen atoms in total. The summed E-state index contributed by atoms with van der Waals surface area (Å²) in [7, 11) is 1.61. The summed E-state index contributed by atoms with van der Waals surface area (Å²) < 4.78 is 11.4. The van der Waals surface area contributed by atoms with E-state index in [0.29, 0.717) is 22.4 Å². The summed E-state index contributed by atoms with van der Waals surface area (Å²) in [5, 5.41) is 6.65. The van der Waals surface area contributed by atoms with Crippen LogP contribution in [0, 0.1) is 6.92 Å². The van der Waals surface area contributed by atoms with Gasteiger partial charge in [-0.05, 0) is 26.0 Å². The SMILES string of the molecule is Cc1cc(NC(=O)C(C)OC(=O)CCc2nc3ccccc3c(=O)n2C)on1. The van der Waals surface area contributed by atoms with Crippen LogP contribution in [0.5, 0.6) is 0 Å². The molecule has 1 aromatic carbocycles. The van der Waals surface area contributed by atoms with Crippen LogP contribution in [-0.4, -0.2) is 32.7 Å². The van der Waals surface area contributed by atoms with E-state index in [2.05, 4.69) is 15.5 Å². The maximum Gasteiger partial charge on any atom is 0.307 e. The molecule has 2 aromatic heterocycles. The summed E-state index contributed by atoms with van der Waals surface area (Å²) in [4.78, 5) is 40.9. The third kappa shape index (κ3) is 4.25. The first kappa shape index (κ1) is 19.3. The van der Waals surface area contributed by atoms with Crippen LogP contribution in [0.2, 0.25) is 0 Å². The molecule has 1 unspecified atom stereocenters. The van der Waals surface area contributed by atoms with Crippen LogP contribution < -0.4 is 10.9 Å². The zero-order chi connectivity index (χ0) is 20.3. The molecule has 0 spiro atoms. The predicted molar refractivity (Wildman–Crippen MR) is 101 cm³/mol. The number of hydrogen-bond acceptors (Lipinski definition) is 7. The van der Waals surface area contributed by atoms with Gasteiger partial charge in [0.15, 0.2) is 6.10 Å². The molecule has 9 heteroatoms. The van der Waals surface area contributed by atoms with Crippen molar-refractivity contribution >= 4 is 28.7 Å². The molecule has 0 saturated carbocycles. The highest BCUT2D eigenvalue weighted by Gasteiger charge is 2.20. The number of benzene rings is 1. The minimum Gasteiger partial charge on any atom is -0.453 e. The van der Waals surface area contributed by atoms with Crippen LogP contribution in [-0.2, 0) is 27.8 Å². The fourth-order valence-corrected chi connectivity index (χ4v) is 2.66. The van der Waals surface area contributed by atoms with Crippen molar-refractivity contribution < 1.29 is 18.8 Å². The molecule has 0 radical (unpaired) electrons. The summed E-state index contributed by atoms with van der Waals surface area (Å²) in [5.74, 6) is -0.449. The van der Waals surface area contributed by atoms with E-state index in [9.17, 15) is 14.4 Å². The van der Waals surface area contributed by atoms with Gasteiger partial charge < -0.3 is 9.26 Å². The van der Waals surface area contributed by atoms with Crippen molar-refractivity contribution in [3.63, 3.8) is 0 Å². The lowest BCUT2D eigenvalue weighted by Crippen LogP contribution is -2.30. The molecule has 1 atom stereocenters. The summed E-state index contributed by atoms with van der Waals surface area (Å²) in [5.41, 5.74) is 1.02. The number of nitrogens with one attached hydrogen (secondary N) is 1. The molecule has 28 heavy (non-hydrogen) atoms. The lowest BCUT2D eigenvalue weighted by molar-refractivity contribution is -0.153. The Bertz CT molecular complexity index is 1090. The summed E-state index contributed by atoms with van der Waals surface area (Å²) >= 11 is 0. The van der Waals surface area contributed by atoms with E-state index in [4.69, 9.17) is 9.26 Å². The topological polar surface area (TPSA) is 116 Å². The molecule has 0 fully saturated rings. The third-order valence-corrected chi connectivity index (χ3v) is 4.18. The number of fused-ring (bicyclic) bond motifs is 1. The van der Waals surface area contributed by atoms with Gasteiger partial charge in [-0.2, -0.15) is 0 Å². The number of anilines is 1. The number of carbonyl (C=O) groups excluding carboxylic acids is 2. The number of hydrogen-bond donors (Lipinski definition) is 1. The molecule has 146 valence electrons. The predicted octanol–water partition coefficient (Wildman–Crippen LogP) is 1.73. The van der Waals surface area contributed by atoms with E-state index >= 15 is 0 Å². The van der Waals surface area contributed by atoms with Gasteiger partial charge in [0, 0.05) is 19.5 Å². The quantitative estimate of drug-likeness (QED) is 0.643. The molecule has 0 aliphatic carbocycles. The molecular weight excluding hydrogens is 364 g/mol. The van der Waals surface area contributed by atoms with Crippen molar-refractivity contribution in [2.45, 2.75) is 32.8 Å². The van der Waals surface area contributed by atoms with Gasteiger partial charge in [-0.25, -0.2) is 4.98 Å². The Hall–Kier alpha value is -3.49. The summed E-state index contributed by atoms with van der Waals surface area (Å²) in [6, 6.07) is 8.58. The third-order valence-electron chi connectivity index (χ3n) is 4.18. The van der Waals surface area contributed by atoms with Crippen molar-refractivity contribution in [3.05, 3.63) is 52.2 Å². The molecule has 3 rings (SSSR count). The van der Waals surface area contributed by atoms with Crippen LogP contribution >= 0.6 is 0 Å². The van der Waals surface area contributed by atoms with Gasteiger partial charge in [0.2, 0.25) is 5.88 Å². The molecule has 0 aliphatic rings. The molecule has 0 bridgehead atoms. The Morgan fingerprint density at radius 2 is 2.07 bits per heavy atom. The molecule has 1 N–H and O–H groups in total. The Labute approximate surface area is 160 Å². The largest absolute Gasteiger partial charge is 0.453 e. The van der Waals surface area contributed by atoms with E-state index in [0.717, 1.165) is 0 Å². The van der Waals surface area contributed by atoms with Gasteiger partial charge >= 0.3 is 5.97 Å². The molecule has 0 aliphatic heterocycles. The van der Waals surface area contributed by atoms with Crippen LogP contribution in [0.1, 0.15) is 24.9 Å². The highest BCUT2D eigenvalue weighted by molar-refractivity contribution is 5.94. The minimum absolute atomic E-state index is 0.0162. The molecule has 1 amide bonds. The van der Waals surface area contributed by atoms with Gasteiger partial charge in [0.25, 0.3) is 11.5 Å². The second-order valence-electron chi connectivity index (χ2n) is 6.36. The van der Waals surface area contributed by atoms with Gasteiger partial charge in [0.1, 0.15) is 5.82 Å². The Morgan fingerprint density at radius 3 is 2.79 bits per heavy atom. The van der Waals surface area contributed by atoms with Crippen LogP contribution in [0.25, 0.3) is 10.9 Å². The monoisotopic (exact) mass is 384 g/mol. The smallest absolute Gasteiger partial charge is 0.307 e. The highest BCUT2D eigenvalue weighted by atomic mass is 16.5. The van der Waals surface area contributed by atoms with Gasteiger partial charge in [0.05, 0.1) is 23.0 Å². The van der Waals surface area contributed by atoms with Gasteiger partial charge in [-0.3, -0.25) is 24.3 Å². The zero-order valence-corrected chi connectivity index (χ0v) is 15.8. The van der Waals surface area contributed by atoms with Crippen molar-refractivity contribution in [1.82, 2.24) is 14.7 Å². The zero-order valence-electron chi connectivity index (χ0n) is 15.8. The maximum absolute atomic E-state index is 12.4. The highest BCUT2D eigenvalue weighted by Crippen LogP contribution is 2.11. The van der Waals surface area contributed by atoms with E-state index in [1.807, 2.05) is 0 Å². The van der Waals surface area contributed by atoms with E-state index in [1.54, 1.807) is 44.3 Å². The number of esters is 1. The summed E-state index contributed by atoms with van der Waals surface area (Å²) in [6.45, 7) is 3.18. The lowest BCUT2D eigenvalue weighted by Gasteiger charge is -2.13. The number of nitrogens with zero attached hydrogens (tertiary/aromatic N) is 3. The Morgan fingerprint density at radius 1 is 1.32 bits per heavy atom. The number of rotatable bonds is 6. The van der Waals surface area contributed by atoms with E-state index < -0.39 is 18.0 Å². The number of para-hydroxylation sites is 1. The number of amides is 1. The van der Waals surface area contributed by atoms with Crippen LogP contribution in [0.4, 0.5) is 5.88 Å². The molecule has 3 aromatic rings. The molecule has 2 heterocycles. The average Bonchev–Trinajstić information content (AvgIpc) is 3.08. The Kier molecular flexibility index (Phi) is 5.53. The second kappa shape index (κ2) is 8.03. The number of ether oxygens (including phenoxy) is 1. The van der Waals surface area contributed by atoms with Gasteiger partial charge in [-0.1, -0.05) is 17.3 Å². The van der Waals surface area contributed by atoms with Crippen LogP contribution in [0.15, 0.2) is 39.6 Å². The summed E-state index contributed by atoms with van der Waals surface area (Å²) in [6.07, 6.45) is -0.811. The second-order valence-corrected chi connectivity index (χ2v) is 6.36. The Balaban J connectivity index is 1.59. The number of carbonyl (C=O) groups is 2. The average molecular weight is 384 g/mol. The van der Waals surface area contributed by atoms with Crippen molar-refractivity contribution in [2.24, 2.45) is 7.05 Å². The first-order valence-electron chi connectivity index (χ1n) is 8.73. The van der Waals surface area contributed by atoms with Crippen molar-refractivity contribution in [2.75, 3.05) is 5.32 Å². The van der Waals surface area contributed by atoms with E-state index in [1.165, 1.54) is 11.5 Å². The maximum atomic E-state index is 12.4. The van der Waals surface area contributed by atoms with E-state index in [-0.39, 0.29) is 24.3 Å². The normalized spacial score (nSPS) is 12.0. The first-order chi connectivity index (χ1) is 13.3. The van der Waals surface area contributed by atoms with Crippen LogP contribution in [0.3, 0.4) is 0 Å². The standard InChI is InChI=1S/C19H20N4O5/c1-11-10-16(28-22-11)21-18(25)12(2)27-17(24)9-8-15-20-14-7-5-4-6-13(14)19(26)23(15)3/h4-7,10,12H,8-9H2,1-3H3,(H,21,25). The first-order valence-corrected chi connectivity index (χ1v) is 8.73. The number of aromatic nitrogens is 3. The van der Waals surface area contributed by atoms with Crippen molar-refractivity contribution in [1.29, 1.82) is 0 Å². The fraction of sp³-hybridized carbons (Fsp3) is 0.316. The molecule has 0 saturated heterocycles. The molecular formula is C19H20N4O5. The minimum atomic E-state index is -1.01. The lowest BCUT2D eigenvalue weighted by atomic mass is 10.2. The van der Waals surface area contributed by atoms with Crippen molar-refractivity contribution in [3.8, 4) is 0 Å².